The lowest BCUT2D eigenvalue weighted by atomic mass is 10.00. The summed E-state index contributed by atoms with van der Waals surface area (Å²) in [4.78, 5) is 0. The average molecular weight is 209 g/mol. The van der Waals surface area contributed by atoms with Gasteiger partial charge in [-0.2, -0.15) is 5.10 Å². The molecule has 0 amide bonds. The summed E-state index contributed by atoms with van der Waals surface area (Å²) in [6.07, 6.45) is 6.04. The van der Waals surface area contributed by atoms with Crippen LogP contribution in [0.5, 0.6) is 0 Å². The summed E-state index contributed by atoms with van der Waals surface area (Å²) >= 11 is 0. The van der Waals surface area contributed by atoms with Gasteiger partial charge in [-0.3, -0.25) is 4.68 Å². The highest BCUT2D eigenvalue weighted by Gasteiger charge is 2.08. The molecule has 0 aliphatic carbocycles. The molecule has 0 aromatic carbocycles. The van der Waals surface area contributed by atoms with E-state index in [1.807, 2.05) is 10.9 Å². The van der Waals surface area contributed by atoms with Crippen LogP contribution in [-0.2, 0) is 6.42 Å². The highest BCUT2D eigenvalue weighted by atomic mass is 15.3. The first kappa shape index (κ1) is 12.2. The quantitative estimate of drug-likeness (QED) is 0.809. The maximum absolute atomic E-state index is 6.05. The molecule has 0 saturated heterocycles. The summed E-state index contributed by atoms with van der Waals surface area (Å²) in [5, 5.41) is 4.31. The van der Waals surface area contributed by atoms with Gasteiger partial charge in [0.2, 0.25) is 0 Å². The highest BCUT2D eigenvalue weighted by Crippen LogP contribution is 2.10. The van der Waals surface area contributed by atoms with Crippen molar-refractivity contribution in [2.45, 2.75) is 52.6 Å². The van der Waals surface area contributed by atoms with E-state index >= 15 is 0 Å². The molecule has 2 N–H and O–H groups in total. The van der Waals surface area contributed by atoms with Gasteiger partial charge in [0.15, 0.2) is 0 Å². The second kappa shape index (κ2) is 5.31. The lowest BCUT2D eigenvalue weighted by Crippen LogP contribution is -2.24. The maximum Gasteiger partial charge on any atom is 0.0522 e. The fraction of sp³-hybridized carbons (Fsp3) is 0.750. The Hall–Kier alpha value is -0.830. The molecule has 0 fully saturated rings. The third-order valence-corrected chi connectivity index (χ3v) is 2.46. The smallest absolute Gasteiger partial charge is 0.0522 e. The molecule has 15 heavy (non-hydrogen) atoms. The molecule has 0 aliphatic heterocycles. The number of nitrogens with zero attached hydrogens (tertiary/aromatic N) is 2. The van der Waals surface area contributed by atoms with Crippen LogP contribution < -0.4 is 5.73 Å². The molecular formula is C12H23N3. The van der Waals surface area contributed by atoms with Crippen molar-refractivity contribution in [3.8, 4) is 0 Å². The maximum atomic E-state index is 6.05. The normalized spacial score (nSPS) is 13.8. The molecule has 0 spiro atoms. The van der Waals surface area contributed by atoms with Gasteiger partial charge < -0.3 is 5.73 Å². The highest BCUT2D eigenvalue weighted by molar-refractivity contribution is 5.06. The van der Waals surface area contributed by atoms with Gasteiger partial charge in [0.05, 0.1) is 6.20 Å². The molecule has 1 unspecified atom stereocenters. The predicted molar refractivity (Wildman–Crippen MR) is 63.7 cm³/mol. The number of aromatic nitrogens is 2. The Bertz CT molecular complexity index is 289. The molecule has 0 bridgehead atoms. The fourth-order valence-electron chi connectivity index (χ4n) is 1.76. The minimum absolute atomic E-state index is 0.259. The number of hydrogen-bond donors (Lipinski definition) is 1. The predicted octanol–water partition coefficient (Wildman–Crippen LogP) is 2.38. The second-order valence-corrected chi connectivity index (χ2v) is 5.02. The first-order valence-electron chi connectivity index (χ1n) is 5.77. The molecule has 0 aliphatic rings. The van der Waals surface area contributed by atoms with E-state index in [-0.39, 0.29) is 6.04 Å². The third kappa shape index (κ3) is 4.04. The van der Waals surface area contributed by atoms with Gasteiger partial charge in [-0.05, 0) is 38.2 Å². The van der Waals surface area contributed by atoms with Crippen molar-refractivity contribution in [3.05, 3.63) is 18.0 Å². The standard InChI is InChI=1S/C12H23N3/c1-9(2)5-12(13)6-11-7-14-15(8-11)10(3)4/h7-10,12H,5-6,13H2,1-4H3. The molecule has 86 valence electrons. The van der Waals surface area contributed by atoms with Crippen LogP contribution >= 0.6 is 0 Å². The van der Waals surface area contributed by atoms with Crippen LogP contribution in [-0.4, -0.2) is 15.8 Å². The van der Waals surface area contributed by atoms with Crippen molar-refractivity contribution in [3.63, 3.8) is 0 Å². The van der Waals surface area contributed by atoms with Gasteiger partial charge in [0.25, 0.3) is 0 Å². The summed E-state index contributed by atoms with van der Waals surface area (Å²) in [6, 6.07) is 0.690. The molecule has 1 atom stereocenters. The van der Waals surface area contributed by atoms with Crippen molar-refractivity contribution >= 4 is 0 Å². The number of hydrogen-bond acceptors (Lipinski definition) is 2. The Morgan fingerprint density at radius 2 is 2.00 bits per heavy atom. The van der Waals surface area contributed by atoms with E-state index in [2.05, 4.69) is 39.0 Å². The Morgan fingerprint density at radius 3 is 2.47 bits per heavy atom. The molecule has 3 nitrogen and oxygen atoms in total. The molecular weight excluding hydrogens is 186 g/mol. The average Bonchev–Trinajstić information content (AvgIpc) is 2.50. The summed E-state index contributed by atoms with van der Waals surface area (Å²) in [5.74, 6) is 0.667. The summed E-state index contributed by atoms with van der Waals surface area (Å²) in [5.41, 5.74) is 7.30. The molecule has 3 heteroatoms. The zero-order valence-corrected chi connectivity index (χ0v) is 10.3. The monoisotopic (exact) mass is 209 g/mol. The van der Waals surface area contributed by atoms with Crippen molar-refractivity contribution in [2.75, 3.05) is 0 Å². The second-order valence-electron chi connectivity index (χ2n) is 5.02. The lowest BCUT2D eigenvalue weighted by Gasteiger charge is -2.12. The molecule has 1 heterocycles. The Labute approximate surface area is 92.7 Å². The zero-order valence-electron chi connectivity index (χ0n) is 10.3. The van der Waals surface area contributed by atoms with Gasteiger partial charge in [-0.15, -0.1) is 0 Å². The van der Waals surface area contributed by atoms with E-state index in [0.717, 1.165) is 12.8 Å². The van der Waals surface area contributed by atoms with Crippen molar-refractivity contribution in [2.24, 2.45) is 11.7 Å². The largest absolute Gasteiger partial charge is 0.327 e. The topological polar surface area (TPSA) is 43.8 Å². The zero-order chi connectivity index (χ0) is 11.4. The van der Waals surface area contributed by atoms with Crippen molar-refractivity contribution < 1.29 is 0 Å². The summed E-state index contributed by atoms with van der Waals surface area (Å²) < 4.78 is 1.98. The van der Waals surface area contributed by atoms with Crippen LogP contribution in [0.3, 0.4) is 0 Å². The van der Waals surface area contributed by atoms with Gasteiger partial charge in [0, 0.05) is 18.3 Å². The van der Waals surface area contributed by atoms with Gasteiger partial charge >= 0.3 is 0 Å². The first-order valence-corrected chi connectivity index (χ1v) is 5.77. The molecule has 0 radical (unpaired) electrons. The minimum Gasteiger partial charge on any atom is -0.327 e. The number of rotatable bonds is 5. The molecule has 1 rings (SSSR count). The van der Waals surface area contributed by atoms with Crippen LogP contribution in [0.4, 0.5) is 0 Å². The number of nitrogens with two attached hydrogens (primary N) is 1. The minimum atomic E-state index is 0.259. The van der Waals surface area contributed by atoms with E-state index in [1.54, 1.807) is 0 Å². The van der Waals surface area contributed by atoms with Crippen LogP contribution in [0.2, 0.25) is 0 Å². The molecule has 0 saturated carbocycles. The Kier molecular flexibility index (Phi) is 4.33. The van der Waals surface area contributed by atoms with E-state index in [0.29, 0.717) is 12.0 Å². The lowest BCUT2D eigenvalue weighted by molar-refractivity contribution is 0.492. The van der Waals surface area contributed by atoms with Crippen molar-refractivity contribution in [1.29, 1.82) is 0 Å². The van der Waals surface area contributed by atoms with Crippen LogP contribution in [0.1, 0.15) is 45.7 Å². The van der Waals surface area contributed by atoms with Crippen LogP contribution in [0.25, 0.3) is 0 Å². The van der Waals surface area contributed by atoms with E-state index in [1.165, 1.54) is 5.56 Å². The van der Waals surface area contributed by atoms with Crippen LogP contribution in [0.15, 0.2) is 12.4 Å². The molecule has 1 aromatic heterocycles. The summed E-state index contributed by atoms with van der Waals surface area (Å²) in [6.45, 7) is 8.67. The van der Waals surface area contributed by atoms with Crippen LogP contribution in [0, 0.1) is 5.92 Å². The van der Waals surface area contributed by atoms with Gasteiger partial charge in [0.1, 0.15) is 0 Å². The van der Waals surface area contributed by atoms with E-state index in [4.69, 9.17) is 5.73 Å². The first-order chi connectivity index (χ1) is 6.99. The van der Waals surface area contributed by atoms with Gasteiger partial charge in [-0.1, -0.05) is 13.8 Å². The SMILES string of the molecule is CC(C)CC(N)Cc1cnn(C(C)C)c1. The van der Waals surface area contributed by atoms with Crippen molar-refractivity contribution in [1.82, 2.24) is 9.78 Å². The Morgan fingerprint density at radius 1 is 1.33 bits per heavy atom. The fourth-order valence-corrected chi connectivity index (χ4v) is 1.76. The van der Waals surface area contributed by atoms with E-state index in [9.17, 15) is 0 Å². The third-order valence-electron chi connectivity index (χ3n) is 2.46. The van der Waals surface area contributed by atoms with Gasteiger partial charge in [-0.25, -0.2) is 0 Å². The summed E-state index contributed by atoms with van der Waals surface area (Å²) in [7, 11) is 0. The Balaban J connectivity index is 2.49. The molecule has 1 aromatic rings. The van der Waals surface area contributed by atoms with E-state index < -0.39 is 0 Å².